The van der Waals surface area contributed by atoms with Gasteiger partial charge in [-0.3, -0.25) is 9.59 Å². The standard InChI is InChI=1S/C18H26N2O4S/c1-2-20(16-10-12-25(23,24)14-16)18(22)13-17(21)19-11-6-9-15-7-4-3-5-8-15/h3-5,7-8,16H,2,6,9-14H2,1H3,(H,19,21). The lowest BCUT2D eigenvalue weighted by molar-refractivity contribution is -0.137. The van der Waals surface area contributed by atoms with Gasteiger partial charge in [0.25, 0.3) is 0 Å². The first kappa shape index (κ1) is 19.4. The third-order valence-corrected chi connectivity index (χ3v) is 6.18. The van der Waals surface area contributed by atoms with E-state index < -0.39 is 9.84 Å². The number of hydrogen-bond acceptors (Lipinski definition) is 4. The number of amides is 2. The van der Waals surface area contributed by atoms with Crippen molar-refractivity contribution in [2.24, 2.45) is 0 Å². The van der Waals surface area contributed by atoms with Crippen LogP contribution in [0.4, 0.5) is 0 Å². The fraction of sp³-hybridized carbons (Fsp3) is 0.556. The van der Waals surface area contributed by atoms with Crippen molar-refractivity contribution >= 4 is 21.7 Å². The van der Waals surface area contributed by atoms with E-state index in [-0.39, 0.29) is 35.8 Å². The lowest BCUT2D eigenvalue weighted by Crippen LogP contribution is -2.43. The van der Waals surface area contributed by atoms with Crippen molar-refractivity contribution in [3.05, 3.63) is 35.9 Å². The van der Waals surface area contributed by atoms with Crippen LogP contribution in [-0.4, -0.2) is 55.8 Å². The summed E-state index contributed by atoms with van der Waals surface area (Å²) in [5.41, 5.74) is 1.22. The molecule has 0 saturated carbocycles. The summed E-state index contributed by atoms with van der Waals surface area (Å²) >= 11 is 0. The monoisotopic (exact) mass is 366 g/mol. The summed E-state index contributed by atoms with van der Waals surface area (Å²) in [5.74, 6) is -0.485. The third kappa shape index (κ3) is 6.16. The van der Waals surface area contributed by atoms with Gasteiger partial charge in [0.15, 0.2) is 9.84 Å². The second kappa shape index (κ2) is 8.99. The number of benzene rings is 1. The lowest BCUT2D eigenvalue weighted by atomic mass is 10.1. The van der Waals surface area contributed by atoms with Crippen LogP contribution in [0.3, 0.4) is 0 Å². The second-order valence-corrected chi connectivity index (χ2v) is 8.58. The summed E-state index contributed by atoms with van der Waals surface area (Å²) in [6.45, 7) is 2.74. The minimum absolute atomic E-state index is 0.00523. The molecule has 1 atom stereocenters. The van der Waals surface area contributed by atoms with E-state index in [1.165, 1.54) is 10.5 Å². The molecule has 0 radical (unpaired) electrons. The van der Waals surface area contributed by atoms with Gasteiger partial charge in [-0.1, -0.05) is 30.3 Å². The molecule has 7 heteroatoms. The molecule has 0 bridgehead atoms. The van der Waals surface area contributed by atoms with Crippen LogP contribution in [-0.2, 0) is 25.8 Å². The molecule has 2 amide bonds. The molecule has 2 rings (SSSR count). The van der Waals surface area contributed by atoms with Gasteiger partial charge < -0.3 is 10.2 Å². The van der Waals surface area contributed by atoms with Crippen LogP contribution in [0.5, 0.6) is 0 Å². The SMILES string of the molecule is CCN(C(=O)CC(=O)NCCCc1ccccc1)C1CCS(=O)(=O)C1. The third-order valence-electron chi connectivity index (χ3n) is 4.43. The van der Waals surface area contributed by atoms with Gasteiger partial charge in [0.1, 0.15) is 6.42 Å². The maximum atomic E-state index is 12.3. The van der Waals surface area contributed by atoms with Gasteiger partial charge in [0.2, 0.25) is 11.8 Å². The number of sulfone groups is 1. The Bertz CT molecular complexity index is 688. The normalized spacial score (nSPS) is 18.7. The number of nitrogens with one attached hydrogen (secondary N) is 1. The first-order valence-corrected chi connectivity index (χ1v) is 10.5. The minimum Gasteiger partial charge on any atom is -0.356 e. The summed E-state index contributed by atoms with van der Waals surface area (Å²) in [6, 6.07) is 9.71. The molecule has 1 aromatic rings. The zero-order valence-corrected chi connectivity index (χ0v) is 15.4. The van der Waals surface area contributed by atoms with Crippen molar-refractivity contribution in [3.63, 3.8) is 0 Å². The van der Waals surface area contributed by atoms with Crippen LogP contribution in [0.25, 0.3) is 0 Å². The zero-order valence-electron chi connectivity index (χ0n) is 14.6. The molecule has 1 saturated heterocycles. The molecule has 1 aliphatic heterocycles. The molecular weight excluding hydrogens is 340 g/mol. The summed E-state index contributed by atoms with van der Waals surface area (Å²) in [4.78, 5) is 25.8. The quantitative estimate of drug-likeness (QED) is 0.553. The van der Waals surface area contributed by atoms with Crippen molar-refractivity contribution in [1.82, 2.24) is 10.2 Å². The van der Waals surface area contributed by atoms with E-state index in [0.29, 0.717) is 19.5 Å². The van der Waals surface area contributed by atoms with Gasteiger partial charge in [-0.15, -0.1) is 0 Å². The van der Waals surface area contributed by atoms with Crippen molar-refractivity contribution in [2.45, 2.75) is 38.6 Å². The Labute approximate surface area is 149 Å². The molecule has 0 aliphatic carbocycles. The van der Waals surface area contributed by atoms with Crippen molar-refractivity contribution < 1.29 is 18.0 Å². The Morgan fingerprint density at radius 3 is 2.56 bits per heavy atom. The highest BCUT2D eigenvalue weighted by Crippen LogP contribution is 2.18. The predicted molar refractivity (Wildman–Crippen MR) is 96.8 cm³/mol. The van der Waals surface area contributed by atoms with E-state index in [4.69, 9.17) is 0 Å². The number of carbonyl (C=O) groups is 2. The Kier molecular flexibility index (Phi) is 6.99. The van der Waals surface area contributed by atoms with E-state index in [1.54, 1.807) is 6.92 Å². The van der Waals surface area contributed by atoms with Crippen molar-refractivity contribution in [3.8, 4) is 0 Å². The fourth-order valence-electron chi connectivity index (χ4n) is 3.13. The predicted octanol–water partition coefficient (Wildman–Crippen LogP) is 1.16. The van der Waals surface area contributed by atoms with Crippen LogP contribution >= 0.6 is 0 Å². The van der Waals surface area contributed by atoms with Gasteiger partial charge in [-0.05, 0) is 31.7 Å². The first-order chi connectivity index (χ1) is 11.9. The number of rotatable bonds is 8. The number of hydrogen-bond donors (Lipinski definition) is 1. The molecule has 1 heterocycles. The molecule has 1 fully saturated rings. The molecule has 0 spiro atoms. The second-order valence-electron chi connectivity index (χ2n) is 6.35. The van der Waals surface area contributed by atoms with Crippen LogP contribution in [0.15, 0.2) is 30.3 Å². The highest BCUT2D eigenvalue weighted by atomic mass is 32.2. The minimum atomic E-state index is -3.05. The molecule has 0 aromatic heterocycles. The Hall–Kier alpha value is -1.89. The highest BCUT2D eigenvalue weighted by molar-refractivity contribution is 7.91. The molecular formula is C18H26N2O4S. The molecule has 1 aromatic carbocycles. The van der Waals surface area contributed by atoms with E-state index in [2.05, 4.69) is 5.32 Å². The smallest absolute Gasteiger partial charge is 0.232 e. The van der Waals surface area contributed by atoms with Gasteiger partial charge in [-0.25, -0.2) is 8.42 Å². The van der Waals surface area contributed by atoms with Crippen LogP contribution in [0.2, 0.25) is 0 Å². The van der Waals surface area contributed by atoms with Crippen LogP contribution < -0.4 is 5.32 Å². The molecule has 1 unspecified atom stereocenters. The van der Waals surface area contributed by atoms with Gasteiger partial charge >= 0.3 is 0 Å². The van der Waals surface area contributed by atoms with E-state index in [1.807, 2.05) is 30.3 Å². The number of nitrogens with zero attached hydrogens (tertiary/aromatic N) is 1. The van der Waals surface area contributed by atoms with E-state index in [9.17, 15) is 18.0 Å². The van der Waals surface area contributed by atoms with E-state index >= 15 is 0 Å². The highest BCUT2D eigenvalue weighted by Gasteiger charge is 2.34. The summed E-state index contributed by atoms with van der Waals surface area (Å²) in [6.07, 6.45) is 1.91. The summed E-state index contributed by atoms with van der Waals surface area (Å²) in [7, 11) is -3.05. The van der Waals surface area contributed by atoms with Crippen LogP contribution in [0, 0.1) is 0 Å². The average Bonchev–Trinajstić information content (AvgIpc) is 2.93. The van der Waals surface area contributed by atoms with Gasteiger partial charge in [0, 0.05) is 19.1 Å². The average molecular weight is 366 g/mol. The van der Waals surface area contributed by atoms with Crippen molar-refractivity contribution in [1.29, 1.82) is 0 Å². The Morgan fingerprint density at radius 2 is 1.96 bits per heavy atom. The van der Waals surface area contributed by atoms with Gasteiger partial charge in [-0.2, -0.15) is 0 Å². The molecule has 6 nitrogen and oxygen atoms in total. The topological polar surface area (TPSA) is 83.6 Å². The molecule has 1 aliphatic rings. The molecule has 138 valence electrons. The fourth-order valence-corrected chi connectivity index (χ4v) is 4.86. The van der Waals surface area contributed by atoms with Gasteiger partial charge in [0.05, 0.1) is 11.5 Å². The zero-order chi connectivity index (χ0) is 18.3. The lowest BCUT2D eigenvalue weighted by Gasteiger charge is -2.26. The number of aryl methyl sites for hydroxylation is 1. The Morgan fingerprint density at radius 1 is 1.24 bits per heavy atom. The largest absolute Gasteiger partial charge is 0.356 e. The summed E-state index contributed by atoms with van der Waals surface area (Å²) < 4.78 is 23.2. The van der Waals surface area contributed by atoms with E-state index in [0.717, 1.165) is 12.8 Å². The maximum Gasteiger partial charge on any atom is 0.232 e. The first-order valence-electron chi connectivity index (χ1n) is 8.72. The maximum absolute atomic E-state index is 12.3. The van der Waals surface area contributed by atoms with Crippen molar-refractivity contribution in [2.75, 3.05) is 24.6 Å². The van der Waals surface area contributed by atoms with Crippen LogP contribution in [0.1, 0.15) is 31.7 Å². The summed E-state index contributed by atoms with van der Waals surface area (Å²) in [5, 5.41) is 2.76. The Balaban J connectivity index is 1.72. The molecule has 25 heavy (non-hydrogen) atoms. The number of carbonyl (C=O) groups excluding carboxylic acids is 2. The molecule has 1 N–H and O–H groups in total.